The van der Waals surface area contributed by atoms with E-state index in [9.17, 15) is 8.42 Å². The van der Waals surface area contributed by atoms with Gasteiger partial charge in [0.05, 0.1) is 10.9 Å². The number of nitrogens with one attached hydrogen (secondary N) is 2. The summed E-state index contributed by atoms with van der Waals surface area (Å²) >= 11 is 0. The van der Waals surface area contributed by atoms with Crippen molar-refractivity contribution in [1.29, 1.82) is 0 Å². The van der Waals surface area contributed by atoms with E-state index >= 15 is 0 Å². The molecule has 2 aliphatic rings. The number of nitrogens with two attached hydrogens (primary N) is 1. The van der Waals surface area contributed by atoms with Crippen molar-refractivity contribution in [2.45, 2.75) is 88.7 Å². The van der Waals surface area contributed by atoms with Gasteiger partial charge in [0.1, 0.15) is 0 Å². The average Bonchev–Trinajstić information content (AvgIpc) is 2.95. The van der Waals surface area contributed by atoms with E-state index in [1.807, 2.05) is 30.3 Å². The molecule has 0 radical (unpaired) electrons. The van der Waals surface area contributed by atoms with Gasteiger partial charge >= 0.3 is 0 Å². The molecular formula is C30H43N7O2S. The monoisotopic (exact) mass is 565 g/mol. The summed E-state index contributed by atoms with van der Waals surface area (Å²) in [6.07, 6.45) is 7.15. The largest absolute Gasteiger partial charge is 0.352 e. The van der Waals surface area contributed by atoms with Gasteiger partial charge in [0.15, 0.2) is 5.82 Å². The van der Waals surface area contributed by atoms with E-state index in [4.69, 9.17) is 20.7 Å². The number of aromatic nitrogens is 3. The number of hydrogen-bond donors (Lipinski definition) is 3. The Hall–Kier alpha value is -2.82. The van der Waals surface area contributed by atoms with Crippen LogP contribution in [0, 0.1) is 11.8 Å². The molecule has 2 heterocycles. The number of anilines is 2. The Morgan fingerprint density at radius 2 is 1.73 bits per heavy atom. The van der Waals surface area contributed by atoms with E-state index in [-0.39, 0.29) is 23.9 Å². The molecule has 3 aromatic rings. The highest BCUT2D eigenvalue weighted by Crippen LogP contribution is 2.36. The molecule has 2 aromatic carbocycles. The minimum atomic E-state index is -3.61. The molecule has 9 nitrogen and oxygen atoms in total. The zero-order chi connectivity index (χ0) is 28.3. The Kier molecular flexibility index (Phi) is 8.87. The van der Waals surface area contributed by atoms with Crippen LogP contribution in [0.2, 0.25) is 0 Å². The predicted molar refractivity (Wildman–Crippen MR) is 161 cm³/mol. The summed E-state index contributed by atoms with van der Waals surface area (Å²) in [6, 6.07) is 13.3. The van der Waals surface area contributed by atoms with E-state index in [1.165, 1.54) is 6.42 Å². The quantitative estimate of drug-likeness (QED) is 0.331. The van der Waals surface area contributed by atoms with E-state index in [2.05, 4.69) is 35.7 Å². The third kappa shape index (κ3) is 6.56. The summed E-state index contributed by atoms with van der Waals surface area (Å²) in [5.41, 5.74) is 6.81. The number of nitrogens with zero attached hydrogens (tertiary/aromatic N) is 4. The van der Waals surface area contributed by atoms with Gasteiger partial charge in [-0.2, -0.15) is 15.0 Å². The van der Waals surface area contributed by atoms with Crippen LogP contribution in [0.25, 0.3) is 10.8 Å². The molecule has 216 valence electrons. The maximum atomic E-state index is 13.2. The van der Waals surface area contributed by atoms with Gasteiger partial charge in [0, 0.05) is 30.6 Å². The number of fused-ring (bicyclic) bond motifs is 1. The van der Waals surface area contributed by atoms with Crippen LogP contribution in [0.1, 0.15) is 77.6 Å². The number of benzene rings is 2. The van der Waals surface area contributed by atoms with Crippen molar-refractivity contribution in [3.63, 3.8) is 0 Å². The van der Waals surface area contributed by atoms with Crippen LogP contribution in [0.3, 0.4) is 0 Å². The van der Waals surface area contributed by atoms with E-state index in [1.54, 1.807) is 12.1 Å². The highest BCUT2D eigenvalue weighted by atomic mass is 32.2. The molecule has 1 aromatic heterocycles. The highest BCUT2D eigenvalue weighted by molar-refractivity contribution is 7.89. The fraction of sp³-hybridized carbons (Fsp3) is 0.567. The molecule has 1 saturated carbocycles. The first kappa shape index (κ1) is 28.7. The van der Waals surface area contributed by atoms with Crippen molar-refractivity contribution in [2.75, 3.05) is 23.3 Å². The van der Waals surface area contributed by atoms with E-state index < -0.39 is 10.0 Å². The van der Waals surface area contributed by atoms with Gasteiger partial charge in [-0.1, -0.05) is 36.4 Å². The number of sulfonamides is 1. The molecule has 40 heavy (non-hydrogen) atoms. The topological polar surface area (TPSA) is 126 Å². The molecule has 0 bridgehead atoms. The van der Waals surface area contributed by atoms with Crippen LogP contribution in [0.4, 0.5) is 11.9 Å². The van der Waals surface area contributed by atoms with E-state index in [0.29, 0.717) is 35.2 Å². The van der Waals surface area contributed by atoms with Crippen molar-refractivity contribution in [2.24, 2.45) is 17.6 Å². The fourth-order valence-electron chi connectivity index (χ4n) is 6.07. The Bertz CT molecular complexity index is 1400. The molecule has 1 saturated heterocycles. The summed E-state index contributed by atoms with van der Waals surface area (Å²) in [7, 11) is -3.61. The van der Waals surface area contributed by atoms with Crippen molar-refractivity contribution < 1.29 is 8.42 Å². The maximum absolute atomic E-state index is 13.2. The number of rotatable bonds is 9. The first-order chi connectivity index (χ1) is 19.2. The van der Waals surface area contributed by atoms with Gasteiger partial charge in [0.2, 0.25) is 21.9 Å². The lowest BCUT2D eigenvalue weighted by atomic mass is 9.78. The zero-order valence-electron chi connectivity index (χ0n) is 23.9. The third-order valence-corrected chi connectivity index (χ3v) is 9.90. The molecule has 0 amide bonds. The Labute approximate surface area is 238 Å². The molecular weight excluding hydrogens is 522 g/mol. The van der Waals surface area contributed by atoms with Crippen molar-refractivity contribution in [1.82, 2.24) is 19.7 Å². The first-order valence-corrected chi connectivity index (χ1v) is 16.2. The summed E-state index contributed by atoms with van der Waals surface area (Å²) in [6.45, 7) is 7.75. The van der Waals surface area contributed by atoms with Crippen LogP contribution < -0.4 is 20.7 Å². The van der Waals surface area contributed by atoms with Crippen molar-refractivity contribution in [3.8, 4) is 0 Å². The van der Waals surface area contributed by atoms with E-state index in [0.717, 1.165) is 55.8 Å². The van der Waals surface area contributed by atoms with Crippen LogP contribution in [-0.4, -0.2) is 48.5 Å². The summed E-state index contributed by atoms with van der Waals surface area (Å²) < 4.78 is 29.2. The lowest BCUT2D eigenvalue weighted by Gasteiger charge is -2.35. The highest BCUT2D eigenvalue weighted by Gasteiger charge is 2.31. The maximum Gasteiger partial charge on any atom is 0.241 e. The molecule has 0 spiro atoms. The third-order valence-electron chi connectivity index (χ3n) is 8.42. The predicted octanol–water partition coefficient (Wildman–Crippen LogP) is 5.01. The van der Waals surface area contributed by atoms with Crippen LogP contribution in [-0.2, 0) is 10.0 Å². The van der Waals surface area contributed by atoms with Gasteiger partial charge in [-0.25, -0.2) is 13.1 Å². The summed E-state index contributed by atoms with van der Waals surface area (Å²) in [4.78, 5) is 17.0. The van der Waals surface area contributed by atoms with Crippen LogP contribution >= 0.6 is 0 Å². The Balaban J connectivity index is 1.23. The second-order valence-electron chi connectivity index (χ2n) is 11.8. The number of piperidine rings is 1. The lowest BCUT2D eigenvalue weighted by molar-refractivity contribution is 0.240. The van der Waals surface area contributed by atoms with Crippen LogP contribution in [0.15, 0.2) is 47.4 Å². The van der Waals surface area contributed by atoms with Gasteiger partial charge in [-0.05, 0) is 89.0 Å². The second-order valence-corrected chi connectivity index (χ2v) is 13.5. The minimum Gasteiger partial charge on any atom is -0.352 e. The van der Waals surface area contributed by atoms with Gasteiger partial charge in [0.25, 0.3) is 0 Å². The smallest absolute Gasteiger partial charge is 0.241 e. The number of hydrogen-bond acceptors (Lipinski definition) is 8. The Morgan fingerprint density at radius 3 is 2.48 bits per heavy atom. The van der Waals surface area contributed by atoms with Gasteiger partial charge in [-0.3, -0.25) is 0 Å². The van der Waals surface area contributed by atoms with Crippen LogP contribution in [0.5, 0.6) is 0 Å². The molecule has 1 aliphatic heterocycles. The van der Waals surface area contributed by atoms with Crippen molar-refractivity contribution in [3.05, 3.63) is 48.3 Å². The molecule has 10 heteroatoms. The lowest BCUT2D eigenvalue weighted by Crippen LogP contribution is -2.39. The fourth-order valence-corrected chi connectivity index (χ4v) is 7.42. The standard InChI is InChI=1S/C30H43N7O2S/c1-20(2)33-29-34-28(35-30(36-29)37-18-7-6-9-21(37)3)27(31)24-16-14-22(15-17-24)19-32-40(38,39)26-13-8-11-23-10-4-5-12-25(23)26/h4-5,8,10-13,20-22,24,27,32H,6-7,9,14-19,31H2,1-3H3,(H,33,34,35,36). The average molecular weight is 566 g/mol. The molecule has 2 atom stereocenters. The normalized spacial score (nSPS) is 22.9. The molecule has 2 fully saturated rings. The second kappa shape index (κ2) is 12.4. The molecule has 1 aliphatic carbocycles. The summed E-state index contributed by atoms with van der Waals surface area (Å²) in [5, 5.41) is 5.01. The minimum absolute atomic E-state index is 0.200. The summed E-state index contributed by atoms with van der Waals surface area (Å²) in [5.74, 6) is 2.46. The van der Waals surface area contributed by atoms with Gasteiger partial charge in [-0.15, -0.1) is 0 Å². The zero-order valence-corrected chi connectivity index (χ0v) is 24.7. The molecule has 5 rings (SSSR count). The first-order valence-electron chi connectivity index (χ1n) is 14.7. The van der Waals surface area contributed by atoms with Gasteiger partial charge < -0.3 is 16.0 Å². The SMILES string of the molecule is CC(C)Nc1nc(C(N)C2CCC(CNS(=O)(=O)c3cccc4ccccc34)CC2)nc(N2CCCCC2C)n1. The Morgan fingerprint density at radius 1 is 0.975 bits per heavy atom. The molecule has 4 N–H and O–H groups in total. The molecule has 2 unspecified atom stereocenters. The van der Waals surface area contributed by atoms with Crippen molar-refractivity contribution >= 4 is 32.7 Å².